The zero-order chi connectivity index (χ0) is 14.0. The number of rotatable bonds is 4. The SMILES string of the molecule is CNS(=O)(=O)c1cc(N)ccc1Sc1ccoc1C. The molecule has 0 aliphatic rings. The van der Waals surface area contributed by atoms with Crippen molar-refractivity contribution in [3.8, 4) is 0 Å². The Hall–Kier alpha value is -1.44. The Morgan fingerprint density at radius 3 is 2.58 bits per heavy atom. The van der Waals surface area contributed by atoms with Crippen molar-refractivity contribution in [2.24, 2.45) is 0 Å². The molecule has 5 nitrogen and oxygen atoms in total. The van der Waals surface area contributed by atoms with Crippen LogP contribution in [0.2, 0.25) is 0 Å². The highest BCUT2D eigenvalue weighted by Crippen LogP contribution is 2.35. The summed E-state index contributed by atoms with van der Waals surface area (Å²) in [5, 5.41) is 0. The minimum atomic E-state index is -3.55. The fourth-order valence-corrected chi connectivity index (χ4v) is 3.67. The van der Waals surface area contributed by atoms with Gasteiger partial charge >= 0.3 is 0 Å². The topological polar surface area (TPSA) is 85.3 Å². The summed E-state index contributed by atoms with van der Waals surface area (Å²) in [4.78, 5) is 1.64. The summed E-state index contributed by atoms with van der Waals surface area (Å²) < 4.78 is 31.5. The number of sulfonamides is 1. The predicted octanol–water partition coefficient (Wildman–Crippen LogP) is 2.23. The normalized spacial score (nSPS) is 11.7. The third-order valence-electron chi connectivity index (χ3n) is 2.56. The van der Waals surface area contributed by atoms with Gasteiger partial charge < -0.3 is 10.2 Å². The number of nitrogens with one attached hydrogen (secondary N) is 1. The average Bonchev–Trinajstić information content (AvgIpc) is 2.77. The van der Waals surface area contributed by atoms with Crippen LogP contribution in [0.5, 0.6) is 0 Å². The van der Waals surface area contributed by atoms with E-state index in [2.05, 4.69) is 4.72 Å². The van der Waals surface area contributed by atoms with Gasteiger partial charge in [0.2, 0.25) is 10.0 Å². The lowest BCUT2D eigenvalue weighted by Crippen LogP contribution is -2.19. The molecule has 0 bridgehead atoms. The molecule has 0 aliphatic carbocycles. The second-order valence-electron chi connectivity index (χ2n) is 3.86. The molecule has 102 valence electrons. The highest BCUT2D eigenvalue weighted by molar-refractivity contribution is 8.00. The van der Waals surface area contributed by atoms with Crippen molar-refractivity contribution in [1.29, 1.82) is 0 Å². The van der Waals surface area contributed by atoms with Gasteiger partial charge in [0.05, 0.1) is 16.1 Å². The van der Waals surface area contributed by atoms with Crippen LogP contribution >= 0.6 is 11.8 Å². The van der Waals surface area contributed by atoms with Gasteiger partial charge in [-0.1, -0.05) is 11.8 Å². The first-order valence-electron chi connectivity index (χ1n) is 5.49. The molecule has 0 fully saturated rings. The Kier molecular flexibility index (Phi) is 3.88. The van der Waals surface area contributed by atoms with Crippen molar-refractivity contribution >= 4 is 27.5 Å². The summed E-state index contributed by atoms with van der Waals surface area (Å²) in [7, 11) is -2.18. The maximum atomic E-state index is 12.0. The van der Waals surface area contributed by atoms with E-state index in [1.54, 1.807) is 24.5 Å². The molecule has 0 aliphatic heterocycles. The molecule has 0 radical (unpaired) electrons. The molecule has 1 heterocycles. The molecule has 0 saturated heterocycles. The van der Waals surface area contributed by atoms with Crippen molar-refractivity contribution in [3.63, 3.8) is 0 Å². The lowest BCUT2D eigenvalue weighted by atomic mass is 10.3. The van der Waals surface area contributed by atoms with E-state index in [-0.39, 0.29) is 4.90 Å². The van der Waals surface area contributed by atoms with E-state index >= 15 is 0 Å². The summed E-state index contributed by atoms with van der Waals surface area (Å²) in [6.45, 7) is 1.83. The molecule has 2 aromatic rings. The van der Waals surface area contributed by atoms with E-state index in [1.165, 1.54) is 24.9 Å². The van der Waals surface area contributed by atoms with Crippen LogP contribution in [0, 0.1) is 6.92 Å². The fraction of sp³-hybridized carbons (Fsp3) is 0.167. The molecule has 0 atom stereocenters. The third kappa shape index (κ3) is 2.94. The van der Waals surface area contributed by atoms with Crippen molar-refractivity contribution in [3.05, 3.63) is 36.3 Å². The van der Waals surface area contributed by atoms with E-state index < -0.39 is 10.0 Å². The number of aryl methyl sites for hydroxylation is 1. The van der Waals surface area contributed by atoms with Gasteiger partial charge in [0, 0.05) is 10.6 Å². The first-order chi connectivity index (χ1) is 8.94. The van der Waals surface area contributed by atoms with Crippen LogP contribution in [0.1, 0.15) is 5.76 Å². The summed E-state index contributed by atoms with van der Waals surface area (Å²) >= 11 is 1.33. The van der Waals surface area contributed by atoms with E-state index in [0.29, 0.717) is 10.6 Å². The molecule has 1 aromatic carbocycles. The Labute approximate surface area is 116 Å². The van der Waals surface area contributed by atoms with Crippen LogP contribution in [0.15, 0.2) is 49.6 Å². The number of hydrogen-bond donors (Lipinski definition) is 2. The number of furan rings is 1. The number of nitrogen functional groups attached to an aromatic ring is 1. The van der Waals surface area contributed by atoms with E-state index in [0.717, 1.165) is 10.7 Å². The summed E-state index contributed by atoms with van der Waals surface area (Å²) in [6.07, 6.45) is 1.57. The summed E-state index contributed by atoms with van der Waals surface area (Å²) in [6, 6.07) is 6.61. The van der Waals surface area contributed by atoms with Gasteiger partial charge in [0.15, 0.2) is 0 Å². The highest BCUT2D eigenvalue weighted by atomic mass is 32.2. The summed E-state index contributed by atoms with van der Waals surface area (Å²) in [5.41, 5.74) is 6.07. The quantitative estimate of drug-likeness (QED) is 0.845. The van der Waals surface area contributed by atoms with Gasteiger partial charge in [-0.15, -0.1) is 0 Å². The van der Waals surface area contributed by atoms with Crippen molar-refractivity contribution < 1.29 is 12.8 Å². The number of hydrogen-bond acceptors (Lipinski definition) is 5. The smallest absolute Gasteiger partial charge is 0.241 e. The fourth-order valence-electron chi connectivity index (χ4n) is 1.53. The summed E-state index contributed by atoms with van der Waals surface area (Å²) in [5.74, 6) is 0.745. The molecule has 2 rings (SSSR count). The zero-order valence-electron chi connectivity index (χ0n) is 10.5. The lowest BCUT2D eigenvalue weighted by molar-refractivity contribution is 0.527. The molecule has 7 heteroatoms. The third-order valence-corrected chi connectivity index (χ3v) is 5.36. The Morgan fingerprint density at radius 1 is 1.26 bits per heavy atom. The van der Waals surface area contributed by atoms with Crippen molar-refractivity contribution in [1.82, 2.24) is 4.72 Å². The van der Waals surface area contributed by atoms with Crippen LogP contribution in [-0.2, 0) is 10.0 Å². The molecular formula is C12H14N2O3S2. The molecule has 3 N–H and O–H groups in total. The predicted molar refractivity (Wildman–Crippen MR) is 74.7 cm³/mol. The molecular weight excluding hydrogens is 284 g/mol. The second kappa shape index (κ2) is 5.28. The lowest BCUT2D eigenvalue weighted by Gasteiger charge is -2.09. The Morgan fingerprint density at radius 2 is 2.00 bits per heavy atom. The van der Waals surface area contributed by atoms with E-state index in [9.17, 15) is 8.42 Å². The van der Waals surface area contributed by atoms with E-state index in [1.807, 2.05) is 6.92 Å². The number of nitrogens with two attached hydrogens (primary N) is 1. The number of benzene rings is 1. The van der Waals surface area contributed by atoms with Crippen LogP contribution < -0.4 is 10.5 Å². The van der Waals surface area contributed by atoms with E-state index in [4.69, 9.17) is 10.2 Å². The molecule has 19 heavy (non-hydrogen) atoms. The Balaban J connectivity index is 2.49. The first kappa shape index (κ1) is 14.0. The standard InChI is InChI=1S/C12H14N2O3S2/c1-8-10(5-6-17-8)18-11-4-3-9(13)7-12(11)19(15,16)14-2/h3-7,14H,13H2,1-2H3. The minimum absolute atomic E-state index is 0.167. The van der Waals surface area contributed by atoms with Crippen molar-refractivity contribution in [2.45, 2.75) is 21.6 Å². The molecule has 0 spiro atoms. The largest absolute Gasteiger partial charge is 0.468 e. The van der Waals surface area contributed by atoms with Crippen LogP contribution in [0.4, 0.5) is 5.69 Å². The Bertz CT molecular complexity index is 693. The average molecular weight is 298 g/mol. The zero-order valence-corrected chi connectivity index (χ0v) is 12.1. The minimum Gasteiger partial charge on any atom is -0.468 e. The second-order valence-corrected chi connectivity index (χ2v) is 6.80. The van der Waals surface area contributed by atoms with Gasteiger partial charge in [-0.2, -0.15) is 0 Å². The van der Waals surface area contributed by atoms with Gasteiger partial charge in [0.25, 0.3) is 0 Å². The molecule has 0 amide bonds. The van der Waals surface area contributed by atoms with Gasteiger partial charge in [0.1, 0.15) is 5.76 Å². The van der Waals surface area contributed by atoms with Gasteiger partial charge in [-0.3, -0.25) is 0 Å². The van der Waals surface area contributed by atoms with Crippen LogP contribution in [-0.4, -0.2) is 15.5 Å². The van der Waals surface area contributed by atoms with Gasteiger partial charge in [-0.25, -0.2) is 13.1 Å². The first-order valence-corrected chi connectivity index (χ1v) is 7.79. The molecule has 1 aromatic heterocycles. The monoisotopic (exact) mass is 298 g/mol. The maximum absolute atomic E-state index is 12.0. The molecule has 0 saturated carbocycles. The van der Waals surface area contributed by atoms with Crippen LogP contribution in [0.25, 0.3) is 0 Å². The highest BCUT2D eigenvalue weighted by Gasteiger charge is 2.18. The van der Waals surface area contributed by atoms with Crippen molar-refractivity contribution in [2.75, 3.05) is 12.8 Å². The molecule has 0 unspecified atom stereocenters. The number of anilines is 1. The maximum Gasteiger partial charge on any atom is 0.241 e. The van der Waals surface area contributed by atoms with Crippen LogP contribution in [0.3, 0.4) is 0 Å². The van der Waals surface area contributed by atoms with Gasteiger partial charge in [-0.05, 0) is 38.2 Å².